The molecular weight excluding hydrogens is 313 g/mol. The van der Waals surface area contributed by atoms with Crippen LogP contribution in [-0.2, 0) is 10.1 Å². The summed E-state index contributed by atoms with van der Waals surface area (Å²) < 4.78 is 45.0. The molecule has 0 aliphatic rings. The molecule has 0 atom stereocenters. The second-order valence-corrected chi connectivity index (χ2v) is 4.21. The van der Waals surface area contributed by atoms with Gasteiger partial charge in [0, 0.05) is 11.8 Å². The predicted octanol–water partition coefficient (Wildman–Crippen LogP) is 3.93. The predicted molar refractivity (Wildman–Crippen MR) is 66.1 cm³/mol. The van der Waals surface area contributed by atoms with E-state index < -0.39 is 12.8 Å². The Balaban J connectivity index is 2.10. The van der Waals surface area contributed by atoms with Crippen LogP contribution < -0.4 is 4.74 Å². The van der Waals surface area contributed by atoms with Gasteiger partial charge in [-0.25, -0.2) is 0 Å². The second kappa shape index (κ2) is 7.63. The van der Waals surface area contributed by atoms with Gasteiger partial charge in [0.05, 0.1) is 13.2 Å². The fourth-order valence-corrected chi connectivity index (χ4v) is 1.59. The first kappa shape index (κ1) is 15.3. The first-order valence-corrected chi connectivity index (χ1v) is 6.55. The van der Waals surface area contributed by atoms with E-state index in [2.05, 4.69) is 20.7 Å². The van der Waals surface area contributed by atoms with Crippen LogP contribution in [-0.4, -0.2) is 26.0 Å². The minimum atomic E-state index is -4.26. The molecule has 0 amide bonds. The summed E-state index contributed by atoms with van der Waals surface area (Å²) in [6.45, 7) is -0.822. The van der Waals surface area contributed by atoms with E-state index in [1.165, 1.54) is 0 Å². The molecule has 18 heavy (non-hydrogen) atoms. The quantitative estimate of drug-likeness (QED) is 0.558. The summed E-state index contributed by atoms with van der Waals surface area (Å²) in [5.41, 5.74) is 1.14. The van der Waals surface area contributed by atoms with E-state index in [0.717, 1.165) is 10.9 Å². The van der Waals surface area contributed by atoms with Gasteiger partial charge in [-0.3, -0.25) is 0 Å². The Morgan fingerprint density at radius 2 is 1.72 bits per heavy atom. The second-order valence-electron chi connectivity index (χ2n) is 3.65. The minimum absolute atomic E-state index is 0.0407. The van der Waals surface area contributed by atoms with Crippen molar-refractivity contribution in [1.29, 1.82) is 0 Å². The third-order valence-corrected chi connectivity index (χ3v) is 2.69. The average Bonchev–Trinajstić information content (AvgIpc) is 2.33. The highest BCUT2D eigenvalue weighted by molar-refractivity contribution is 9.08. The van der Waals surface area contributed by atoms with Crippen LogP contribution in [0.25, 0.3) is 0 Å². The van der Waals surface area contributed by atoms with Gasteiger partial charge in [-0.05, 0) is 17.7 Å². The van der Waals surface area contributed by atoms with Crippen LogP contribution in [0, 0.1) is 0 Å². The molecule has 0 N–H and O–H groups in total. The number of ether oxygens (including phenoxy) is 2. The zero-order valence-corrected chi connectivity index (χ0v) is 11.3. The van der Waals surface area contributed by atoms with Crippen molar-refractivity contribution in [3.05, 3.63) is 29.8 Å². The van der Waals surface area contributed by atoms with Gasteiger partial charge in [0.25, 0.3) is 0 Å². The number of halogens is 4. The van der Waals surface area contributed by atoms with Crippen LogP contribution in [0.4, 0.5) is 13.2 Å². The van der Waals surface area contributed by atoms with Crippen LogP contribution in [0.2, 0.25) is 0 Å². The molecule has 1 aromatic rings. The standard InChI is InChI=1S/C12H14BrF3O2/c13-8-10-2-4-11(5-3-10)18-7-1-6-17-9-12(14,15)16/h2-5H,1,6-9H2. The zero-order valence-electron chi connectivity index (χ0n) is 9.67. The maximum absolute atomic E-state index is 11.7. The number of rotatable bonds is 7. The van der Waals surface area contributed by atoms with Crippen molar-refractivity contribution < 1.29 is 22.6 Å². The Kier molecular flexibility index (Phi) is 6.49. The molecule has 1 rings (SSSR count). The number of alkyl halides is 4. The molecule has 102 valence electrons. The van der Waals surface area contributed by atoms with Gasteiger partial charge in [-0.2, -0.15) is 13.2 Å². The molecule has 0 aliphatic heterocycles. The van der Waals surface area contributed by atoms with Gasteiger partial charge in [0.15, 0.2) is 0 Å². The molecule has 1 aromatic carbocycles. The molecule has 0 unspecified atom stereocenters. The topological polar surface area (TPSA) is 18.5 Å². The molecule has 0 aliphatic carbocycles. The smallest absolute Gasteiger partial charge is 0.411 e. The highest BCUT2D eigenvalue weighted by Crippen LogP contribution is 2.15. The average molecular weight is 327 g/mol. The van der Waals surface area contributed by atoms with Gasteiger partial charge in [-0.1, -0.05) is 28.1 Å². The van der Waals surface area contributed by atoms with Gasteiger partial charge in [0.2, 0.25) is 0 Å². The van der Waals surface area contributed by atoms with Crippen molar-refractivity contribution >= 4 is 15.9 Å². The lowest BCUT2D eigenvalue weighted by Gasteiger charge is -2.08. The lowest BCUT2D eigenvalue weighted by Crippen LogP contribution is -2.18. The molecule has 2 nitrogen and oxygen atoms in total. The maximum Gasteiger partial charge on any atom is 0.411 e. The summed E-state index contributed by atoms with van der Waals surface area (Å²) in [7, 11) is 0. The Bertz CT molecular complexity index is 338. The first-order valence-electron chi connectivity index (χ1n) is 5.43. The Morgan fingerprint density at radius 1 is 1.06 bits per heavy atom. The van der Waals surface area contributed by atoms with Crippen molar-refractivity contribution in [3.8, 4) is 5.75 Å². The number of hydrogen-bond donors (Lipinski definition) is 0. The van der Waals surface area contributed by atoms with E-state index in [4.69, 9.17) is 4.74 Å². The highest BCUT2D eigenvalue weighted by atomic mass is 79.9. The summed E-state index contributed by atoms with van der Waals surface area (Å²) >= 11 is 3.33. The van der Waals surface area contributed by atoms with Gasteiger partial charge >= 0.3 is 6.18 Å². The van der Waals surface area contributed by atoms with Crippen LogP contribution in [0.5, 0.6) is 5.75 Å². The molecule has 0 heterocycles. The molecule has 0 saturated heterocycles. The SMILES string of the molecule is FC(F)(F)COCCCOc1ccc(CBr)cc1. The fraction of sp³-hybridized carbons (Fsp3) is 0.500. The van der Waals surface area contributed by atoms with E-state index in [1.54, 1.807) is 0 Å². The van der Waals surface area contributed by atoms with Crippen LogP contribution >= 0.6 is 15.9 Å². The summed E-state index contributed by atoms with van der Waals surface area (Å²) in [5.74, 6) is 0.704. The van der Waals surface area contributed by atoms with Gasteiger partial charge in [0.1, 0.15) is 12.4 Å². The molecule has 0 radical (unpaired) electrons. The minimum Gasteiger partial charge on any atom is -0.494 e. The molecule has 0 aromatic heterocycles. The summed E-state index contributed by atoms with van der Waals surface area (Å²) in [6, 6.07) is 7.49. The molecule has 0 saturated carbocycles. The zero-order chi connectivity index (χ0) is 13.4. The third kappa shape index (κ3) is 6.86. The van der Waals surface area contributed by atoms with E-state index >= 15 is 0 Å². The van der Waals surface area contributed by atoms with Crippen molar-refractivity contribution in [2.45, 2.75) is 17.9 Å². The Hall–Kier alpha value is -0.750. The van der Waals surface area contributed by atoms with Crippen molar-refractivity contribution in [2.75, 3.05) is 19.8 Å². The van der Waals surface area contributed by atoms with Crippen LogP contribution in [0.15, 0.2) is 24.3 Å². The number of benzene rings is 1. The van der Waals surface area contributed by atoms with E-state index in [0.29, 0.717) is 18.8 Å². The van der Waals surface area contributed by atoms with Crippen LogP contribution in [0.3, 0.4) is 0 Å². The maximum atomic E-state index is 11.7. The summed E-state index contributed by atoms with van der Waals surface area (Å²) in [5, 5.41) is 0.776. The summed E-state index contributed by atoms with van der Waals surface area (Å²) in [6.07, 6.45) is -3.83. The molecule has 0 fully saturated rings. The monoisotopic (exact) mass is 326 g/mol. The molecule has 0 bridgehead atoms. The third-order valence-electron chi connectivity index (χ3n) is 2.05. The Labute approximate surface area is 112 Å². The molecule has 6 heteroatoms. The van der Waals surface area contributed by atoms with E-state index in [9.17, 15) is 13.2 Å². The van der Waals surface area contributed by atoms with E-state index in [1.807, 2.05) is 24.3 Å². The van der Waals surface area contributed by atoms with Crippen molar-refractivity contribution in [3.63, 3.8) is 0 Å². The summed E-state index contributed by atoms with van der Waals surface area (Å²) in [4.78, 5) is 0. The van der Waals surface area contributed by atoms with E-state index in [-0.39, 0.29) is 6.61 Å². The lowest BCUT2D eigenvalue weighted by molar-refractivity contribution is -0.174. The molecule has 0 spiro atoms. The van der Waals surface area contributed by atoms with Gasteiger partial charge in [-0.15, -0.1) is 0 Å². The molecular formula is C12H14BrF3O2. The Morgan fingerprint density at radius 3 is 2.28 bits per heavy atom. The highest BCUT2D eigenvalue weighted by Gasteiger charge is 2.27. The lowest BCUT2D eigenvalue weighted by atomic mass is 10.2. The van der Waals surface area contributed by atoms with Gasteiger partial charge < -0.3 is 9.47 Å². The number of hydrogen-bond acceptors (Lipinski definition) is 2. The largest absolute Gasteiger partial charge is 0.494 e. The normalized spacial score (nSPS) is 11.6. The first-order chi connectivity index (χ1) is 8.51. The fourth-order valence-electron chi connectivity index (χ4n) is 1.21. The van der Waals surface area contributed by atoms with Crippen LogP contribution in [0.1, 0.15) is 12.0 Å². The van der Waals surface area contributed by atoms with Crippen molar-refractivity contribution in [2.24, 2.45) is 0 Å². The van der Waals surface area contributed by atoms with Crippen molar-refractivity contribution in [1.82, 2.24) is 0 Å².